The highest BCUT2D eigenvalue weighted by atomic mass is 32.2. The van der Waals surface area contributed by atoms with E-state index in [2.05, 4.69) is 30.8 Å². The van der Waals surface area contributed by atoms with E-state index in [0.717, 1.165) is 5.56 Å². The molecule has 3 heterocycles. The summed E-state index contributed by atoms with van der Waals surface area (Å²) in [6.45, 7) is 1.29. The molecule has 1 saturated heterocycles. The third-order valence-electron chi connectivity index (χ3n) is 8.55. The number of aliphatic imine (C=N–C) groups is 1. The molecule has 3 aliphatic rings. The number of hydrogen-bond donors (Lipinski definition) is 5. The summed E-state index contributed by atoms with van der Waals surface area (Å²) in [5, 5.41) is 22.7. The minimum absolute atomic E-state index is 0.0144. The molecule has 3 aromatic rings. The zero-order valence-corrected chi connectivity index (χ0v) is 27.8. The number of carboxylic acids is 1. The fourth-order valence-corrected chi connectivity index (χ4v) is 7.51. The van der Waals surface area contributed by atoms with Crippen LogP contribution in [0.2, 0.25) is 0 Å². The molecule has 0 aromatic heterocycles. The van der Waals surface area contributed by atoms with Crippen LogP contribution in [-0.4, -0.2) is 98.5 Å². The molecular weight excluding hydrogens is 666 g/mol. The molecule has 0 radical (unpaired) electrons. The van der Waals surface area contributed by atoms with Crippen LogP contribution in [0.5, 0.6) is 0 Å². The lowest BCUT2D eigenvalue weighted by Crippen LogP contribution is -2.49. The Hall–Kier alpha value is -5.48. The predicted molar refractivity (Wildman–Crippen MR) is 183 cm³/mol. The topological polar surface area (TPSA) is 200 Å². The second kappa shape index (κ2) is 15.0. The van der Waals surface area contributed by atoms with E-state index in [0.29, 0.717) is 43.1 Å². The van der Waals surface area contributed by atoms with E-state index < -0.39 is 46.2 Å². The fourth-order valence-electron chi connectivity index (χ4n) is 6.09. The zero-order chi connectivity index (χ0) is 35.1. The number of carbonyl (C=O) groups excluding carboxylic acids is 2. The van der Waals surface area contributed by atoms with Crippen molar-refractivity contribution in [3.63, 3.8) is 0 Å². The molecular formula is C34H37N7O8S. The van der Waals surface area contributed by atoms with Gasteiger partial charge in [-0.1, -0.05) is 84.0 Å². The van der Waals surface area contributed by atoms with Crippen LogP contribution in [0.1, 0.15) is 18.4 Å². The maximum absolute atomic E-state index is 13.4. The molecule has 3 atom stereocenters. The summed E-state index contributed by atoms with van der Waals surface area (Å²) in [6, 6.07) is 22.3. The van der Waals surface area contributed by atoms with Crippen LogP contribution in [0, 0.1) is 0 Å². The number of amides is 2. The molecule has 0 saturated carbocycles. The van der Waals surface area contributed by atoms with Crippen LogP contribution in [0.3, 0.4) is 0 Å². The van der Waals surface area contributed by atoms with Crippen molar-refractivity contribution in [2.24, 2.45) is 10.1 Å². The number of benzene rings is 3. The maximum Gasteiger partial charge on any atom is 0.410 e. The van der Waals surface area contributed by atoms with Crippen LogP contribution < -0.4 is 20.7 Å². The Balaban J connectivity index is 1.08. The number of guanidine groups is 1. The highest BCUT2D eigenvalue weighted by Crippen LogP contribution is 2.38. The number of likely N-dealkylation sites (tertiary alicyclic amines) is 1. The van der Waals surface area contributed by atoms with Crippen molar-refractivity contribution in [1.82, 2.24) is 25.6 Å². The van der Waals surface area contributed by atoms with E-state index in [1.165, 1.54) is 6.07 Å². The van der Waals surface area contributed by atoms with Crippen molar-refractivity contribution in [3.8, 4) is 11.1 Å². The maximum atomic E-state index is 13.4. The van der Waals surface area contributed by atoms with Crippen molar-refractivity contribution < 1.29 is 37.5 Å². The zero-order valence-electron chi connectivity index (χ0n) is 26.9. The first-order valence-corrected chi connectivity index (χ1v) is 17.5. The van der Waals surface area contributed by atoms with Gasteiger partial charge in [0.25, 0.3) is 5.91 Å². The summed E-state index contributed by atoms with van der Waals surface area (Å²) in [5.74, 6) is -1.58. The molecule has 0 aliphatic carbocycles. The van der Waals surface area contributed by atoms with E-state index in [-0.39, 0.29) is 36.2 Å². The summed E-state index contributed by atoms with van der Waals surface area (Å²) in [6.07, 6.45) is -0.192. The lowest BCUT2D eigenvalue weighted by atomic mass is 9.94. The van der Waals surface area contributed by atoms with Gasteiger partial charge in [0.05, 0.1) is 24.0 Å². The molecule has 6 rings (SSSR count). The van der Waals surface area contributed by atoms with Crippen LogP contribution >= 0.6 is 0 Å². The molecule has 1 fully saturated rings. The van der Waals surface area contributed by atoms with Gasteiger partial charge in [0.1, 0.15) is 18.4 Å². The van der Waals surface area contributed by atoms with Crippen LogP contribution in [0.4, 0.5) is 4.79 Å². The monoisotopic (exact) mass is 703 g/mol. The van der Waals surface area contributed by atoms with Crippen molar-refractivity contribution in [3.05, 3.63) is 90.5 Å². The number of rotatable bonds is 12. The van der Waals surface area contributed by atoms with Gasteiger partial charge in [0.2, 0.25) is 10.0 Å². The quantitative estimate of drug-likeness (QED) is 0.185. The summed E-state index contributed by atoms with van der Waals surface area (Å²) < 4.78 is 34.6. The standard InChI is InChI=1S/C34H37N7O8S/c42-30(37-20-28(31(43)44)40-50(46,47)29-14-8-7-13-26(29)24-11-5-2-6-12-24)27-18-34(49-39-27)17-25(19-38-32-35-15-16-36-32)41(22-34)33(45)48-21-23-9-3-1-4-10-23/h1-14,25,28,40H,15-22H2,(H,37,42)(H,43,44)(H2,35,36,38)/t25?,28-,34?/m0/s1. The molecule has 15 nitrogen and oxygen atoms in total. The number of sulfonamides is 1. The van der Waals surface area contributed by atoms with Crippen molar-refractivity contribution >= 4 is 39.7 Å². The van der Waals surface area contributed by atoms with Gasteiger partial charge in [0, 0.05) is 38.0 Å². The van der Waals surface area contributed by atoms with Gasteiger partial charge in [-0.3, -0.25) is 19.5 Å². The number of oxime groups is 1. The first kappa shape index (κ1) is 34.4. The normalized spacial score (nSPS) is 20.3. The molecule has 3 aromatic carbocycles. The second-order valence-corrected chi connectivity index (χ2v) is 13.8. The van der Waals surface area contributed by atoms with Crippen LogP contribution in [0.25, 0.3) is 11.1 Å². The highest BCUT2D eigenvalue weighted by molar-refractivity contribution is 7.89. The van der Waals surface area contributed by atoms with E-state index in [4.69, 9.17) is 9.57 Å². The Kier molecular flexibility index (Phi) is 10.3. The number of nitrogens with one attached hydrogen (secondary N) is 4. The Bertz CT molecular complexity index is 1890. The molecule has 16 heteroatoms. The largest absolute Gasteiger partial charge is 0.480 e. The minimum Gasteiger partial charge on any atom is -0.480 e. The number of carboxylic acid groups (broad SMARTS) is 1. The van der Waals surface area contributed by atoms with E-state index in [1.807, 2.05) is 30.3 Å². The molecule has 5 N–H and O–H groups in total. The smallest absolute Gasteiger partial charge is 0.410 e. The first-order chi connectivity index (χ1) is 24.1. The number of aliphatic carboxylic acids is 1. The average Bonchev–Trinajstić information content (AvgIpc) is 3.89. The average molecular weight is 704 g/mol. The molecule has 2 amide bonds. The summed E-state index contributed by atoms with van der Waals surface area (Å²) in [4.78, 5) is 50.2. The van der Waals surface area contributed by atoms with Crippen molar-refractivity contribution in [1.29, 1.82) is 0 Å². The molecule has 0 bridgehead atoms. The van der Waals surface area contributed by atoms with Crippen molar-refractivity contribution in [2.75, 3.05) is 32.7 Å². The molecule has 3 aliphatic heterocycles. The van der Waals surface area contributed by atoms with Crippen LogP contribution in [0.15, 0.2) is 100.0 Å². The van der Waals surface area contributed by atoms with Gasteiger partial charge >= 0.3 is 12.1 Å². The van der Waals surface area contributed by atoms with E-state index in [9.17, 15) is 27.9 Å². The molecule has 262 valence electrons. The molecule has 50 heavy (non-hydrogen) atoms. The number of hydrogen-bond acceptors (Lipinski definition) is 11. The summed E-state index contributed by atoms with van der Waals surface area (Å²) >= 11 is 0. The fraction of sp³-hybridized carbons (Fsp3) is 0.324. The van der Waals surface area contributed by atoms with Gasteiger partial charge in [-0.2, -0.15) is 4.72 Å². The van der Waals surface area contributed by atoms with Gasteiger partial charge in [-0.05, 0) is 17.2 Å². The summed E-state index contributed by atoms with van der Waals surface area (Å²) in [5.41, 5.74) is 0.825. The van der Waals surface area contributed by atoms with Gasteiger partial charge in [-0.15, -0.1) is 0 Å². The van der Waals surface area contributed by atoms with Gasteiger partial charge in [-0.25, -0.2) is 13.2 Å². The lowest BCUT2D eigenvalue weighted by Gasteiger charge is -2.24. The number of ether oxygens (including phenoxy) is 1. The number of nitrogens with zero attached hydrogens (tertiary/aromatic N) is 3. The second-order valence-electron chi connectivity index (χ2n) is 12.1. The third-order valence-corrected chi connectivity index (χ3v) is 10.1. The number of carbonyl (C=O) groups is 3. The SMILES string of the molecule is O=C(NC[C@H](NS(=O)(=O)c1ccccc1-c1ccccc1)C(=O)O)C1=NOC2(C1)CC(CNC1=NCCN1)N(C(=O)OCc1ccccc1)C2. The first-order valence-electron chi connectivity index (χ1n) is 16.0. The lowest BCUT2D eigenvalue weighted by molar-refractivity contribution is -0.138. The van der Waals surface area contributed by atoms with E-state index in [1.54, 1.807) is 53.4 Å². The molecule has 1 spiro atoms. The summed E-state index contributed by atoms with van der Waals surface area (Å²) in [7, 11) is -4.33. The predicted octanol–water partition coefficient (Wildman–Crippen LogP) is 1.68. The Morgan fingerprint density at radius 3 is 2.48 bits per heavy atom. The van der Waals surface area contributed by atoms with E-state index >= 15 is 0 Å². The molecule has 2 unspecified atom stereocenters. The van der Waals surface area contributed by atoms with Gasteiger partial charge in [0.15, 0.2) is 11.6 Å². The van der Waals surface area contributed by atoms with Gasteiger partial charge < -0.3 is 30.6 Å². The highest BCUT2D eigenvalue weighted by Gasteiger charge is 2.53. The van der Waals surface area contributed by atoms with Crippen molar-refractivity contribution in [2.45, 2.75) is 42.0 Å². The Labute approximate surface area is 288 Å². The Morgan fingerprint density at radius 1 is 1.04 bits per heavy atom. The van der Waals surface area contributed by atoms with Crippen LogP contribution in [-0.2, 0) is 35.8 Å². The minimum atomic E-state index is -4.33. The Morgan fingerprint density at radius 2 is 1.76 bits per heavy atom. The third kappa shape index (κ3) is 8.03.